The number of thiophene rings is 1. The van der Waals surface area contributed by atoms with Crippen LogP contribution in [-0.4, -0.2) is 28.0 Å². The van der Waals surface area contributed by atoms with Crippen LogP contribution in [0.25, 0.3) is 0 Å². The van der Waals surface area contributed by atoms with Gasteiger partial charge in [0.2, 0.25) is 0 Å². The second-order valence-corrected chi connectivity index (χ2v) is 9.01. The lowest BCUT2D eigenvalue weighted by molar-refractivity contribution is -0.118. The van der Waals surface area contributed by atoms with Crippen molar-refractivity contribution in [1.82, 2.24) is 0 Å². The van der Waals surface area contributed by atoms with Gasteiger partial charge in [0.15, 0.2) is 18.2 Å². The fraction of sp³-hybridized carbons (Fsp3) is 0.105. The third kappa shape index (κ3) is 4.90. The summed E-state index contributed by atoms with van der Waals surface area (Å²) in [7, 11) is -2.19. The summed E-state index contributed by atoms with van der Waals surface area (Å²) in [6, 6.07) is 12.3. The largest absolute Gasteiger partial charge is 0.484 e. The van der Waals surface area contributed by atoms with Crippen LogP contribution in [0.15, 0.2) is 64.2 Å². The molecule has 3 aromatic rings. The summed E-state index contributed by atoms with van der Waals surface area (Å²) in [4.78, 5) is 11.9. The maximum Gasteiger partial charge on any atom is 0.273 e. The Hall–Kier alpha value is -2.98. The number of halogens is 2. The molecule has 2 aromatic carbocycles. The molecular weight excluding hydrogens is 422 g/mol. The van der Waals surface area contributed by atoms with Gasteiger partial charge in [-0.3, -0.25) is 9.10 Å². The van der Waals surface area contributed by atoms with Crippen LogP contribution in [0.2, 0.25) is 0 Å². The Bertz CT molecular complexity index is 1100. The van der Waals surface area contributed by atoms with Gasteiger partial charge in [0.1, 0.15) is 9.96 Å². The number of sulfonamides is 1. The van der Waals surface area contributed by atoms with Gasteiger partial charge in [-0.25, -0.2) is 17.2 Å². The first-order valence-electron chi connectivity index (χ1n) is 8.27. The molecule has 6 nitrogen and oxygen atoms in total. The molecule has 0 spiro atoms. The van der Waals surface area contributed by atoms with Crippen LogP contribution in [-0.2, 0) is 14.8 Å². The predicted molar refractivity (Wildman–Crippen MR) is 107 cm³/mol. The zero-order chi connectivity index (χ0) is 21.0. The summed E-state index contributed by atoms with van der Waals surface area (Å²) in [6.07, 6.45) is 0. The van der Waals surface area contributed by atoms with Crippen LogP contribution in [0, 0.1) is 11.6 Å². The first-order valence-corrected chi connectivity index (χ1v) is 10.6. The highest BCUT2D eigenvalue weighted by Crippen LogP contribution is 2.26. The minimum atomic E-state index is -3.64. The van der Waals surface area contributed by atoms with Gasteiger partial charge < -0.3 is 10.1 Å². The number of carbonyl (C=O) groups is 1. The predicted octanol–water partition coefficient (Wildman–Crippen LogP) is 3.87. The standard InChI is InChI=1S/C19H16F2N2O4S2/c1-23(29(25,26)19-3-2-10-28-19)14-5-7-15(8-6-14)27-12-18(24)22-13-4-9-16(20)17(21)11-13/h2-11H,12H2,1H3,(H,22,24). The molecule has 1 heterocycles. The lowest BCUT2D eigenvalue weighted by atomic mass is 10.3. The van der Waals surface area contributed by atoms with E-state index in [1.54, 1.807) is 23.6 Å². The summed E-state index contributed by atoms with van der Waals surface area (Å²) >= 11 is 1.13. The zero-order valence-electron chi connectivity index (χ0n) is 15.1. The van der Waals surface area contributed by atoms with E-state index in [2.05, 4.69) is 5.32 Å². The molecule has 1 aromatic heterocycles. The van der Waals surface area contributed by atoms with E-state index < -0.39 is 27.6 Å². The van der Waals surface area contributed by atoms with Crippen molar-refractivity contribution in [2.75, 3.05) is 23.3 Å². The van der Waals surface area contributed by atoms with Crippen molar-refractivity contribution in [3.63, 3.8) is 0 Å². The quantitative estimate of drug-likeness (QED) is 0.608. The van der Waals surface area contributed by atoms with Crippen molar-refractivity contribution >= 4 is 38.6 Å². The molecule has 0 aliphatic carbocycles. The SMILES string of the molecule is CN(c1ccc(OCC(=O)Nc2ccc(F)c(F)c2)cc1)S(=O)(=O)c1cccs1. The van der Waals surface area contributed by atoms with Gasteiger partial charge in [-0.15, -0.1) is 11.3 Å². The third-order valence-electron chi connectivity index (χ3n) is 3.88. The molecule has 0 saturated carbocycles. The lowest BCUT2D eigenvalue weighted by Gasteiger charge is -2.18. The number of rotatable bonds is 7. The van der Waals surface area contributed by atoms with Crippen LogP contribution >= 0.6 is 11.3 Å². The monoisotopic (exact) mass is 438 g/mol. The average Bonchev–Trinajstić information content (AvgIpc) is 3.25. The molecule has 29 heavy (non-hydrogen) atoms. The lowest BCUT2D eigenvalue weighted by Crippen LogP contribution is -2.25. The van der Waals surface area contributed by atoms with Gasteiger partial charge in [0, 0.05) is 18.8 Å². The Labute approximate surface area is 170 Å². The summed E-state index contributed by atoms with van der Waals surface area (Å²) < 4.78 is 57.8. The number of ether oxygens (including phenoxy) is 1. The summed E-state index contributed by atoms with van der Waals surface area (Å²) in [5.74, 6) is -2.29. The van der Waals surface area contributed by atoms with Crippen LogP contribution < -0.4 is 14.4 Å². The molecular formula is C19H16F2N2O4S2. The Kier molecular flexibility index (Phi) is 6.14. The van der Waals surface area contributed by atoms with Gasteiger partial charge in [0.05, 0.1) is 5.69 Å². The van der Waals surface area contributed by atoms with Crippen molar-refractivity contribution in [3.8, 4) is 5.75 Å². The van der Waals surface area contributed by atoms with Gasteiger partial charge >= 0.3 is 0 Å². The summed E-state index contributed by atoms with van der Waals surface area (Å²) in [5, 5.41) is 4.07. The van der Waals surface area contributed by atoms with E-state index in [1.165, 1.54) is 31.3 Å². The molecule has 0 fully saturated rings. The molecule has 0 unspecified atom stereocenters. The Morgan fingerprint density at radius 1 is 1.10 bits per heavy atom. The number of anilines is 2. The van der Waals surface area contributed by atoms with E-state index in [1.807, 2.05) is 0 Å². The molecule has 3 rings (SSSR count). The van der Waals surface area contributed by atoms with Crippen molar-refractivity contribution in [3.05, 3.63) is 71.6 Å². The number of nitrogens with zero attached hydrogens (tertiary/aromatic N) is 1. The molecule has 1 amide bonds. The van der Waals surface area contributed by atoms with Gasteiger partial charge in [-0.1, -0.05) is 6.07 Å². The normalized spacial score (nSPS) is 11.1. The molecule has 1 N–H and O–H groups in total. The zero-order valence-corrected chi connectivity index (χ0v) is 16.8. The number of nitrogens with one attached hydrogen (secondary N) is 1. The summed E-state index contributed by atoms with van der Waals surface area (Å²) in [5.41, 5.74) is 0.533. The average molecular weight is 438 g/mol. The first-order chi connectivity index (χ1) is 13.8. The smallest absolute Gasteiger partial charge is 0.273 e. The van der Waals surface area contributed by atoms with E-state index in [4.69, 9.17) is 4.74 Å². The van der Waals surface area contributed by atoms with Crippen LogP contribution in [0.3, 0.4) is 0 Å². The molecule has 0 atom stereocenters. The Morgan fingerprint density at radius 3 is 2.45 bits per heavy atom. The fourth-order valence-corrected chi connectivity index (χ4v) is 4.71. The number of hydrogen-bond acceptors (Lipinski definition) is 5. The van der Waals surface area contributed by atoms with Gasteiger partial charge in [-0.05, 0) is 47.8 Å². The van der Waals surface area contributed by atoms with E-state index >= 15 is 0 Å². The van der Waals surface area contributed by atoms with Gasteiger partial charge in [-0.2, -0.15) is 0 Å². The highest BCUT2D eigenvalue weighted by molar-refractivity contribution is 7.94. The first kappa shape index (κ1) is 20.7. The van der Waals surface area contributed by atoms with Crippen LogP contribution in [0.5, 0.6) is 5.75 Å². The molecule has 152 valence electrons. The Balaban J connectivity index is 1.59. The van der Waals surface area contributed by atoms with E-state index in [0.29, 0.717) is 11.4 Å². The molecule has 0 saturated heterocycles. The topological polar surface area (TPSA) is 75.7 Å². The minimum Gasteiger partial charge on any atom is -0.484 e. The summed E-state index contributed by atoms with van der Waals surface area (Å²) in [6.45, 7) is -0.359. The highest BCUT2D eigenvalue weighted by atomic mass is 32.2. The van der Waals surface area contributed by atoms with Crippen molar-refractivity contribution in [1.29, 1.82) is 0 Å². The molecule has 0 aliphatic rings. The number of carbonyl (C=O) groups excluding carboxylic acids is 1. The maximum atomic E-state index is 13.2. The molecule has 0 radical (unpaired) electrons. The molecule has 10 heteroatoms. The van der Waals surface area contributed by atoms with Crippen molar-refractivity contribution in [2.24, 2.45) is 0 Å². The van der Waals surface area contributed by atoms with Crippen LogP contribution in [0.4, 0.5) is 20.2 Å². The number of amides is 1. The highest BCUT2D eigenvalue weighted by Gasteiger charge is 2.22. The van der Waals surface area contributed by atoms with E-state index in [-0.39, 0.29) is 16.5 Å². The van der Waals surface area contributed by atoms with Crippen LogP contribution in [0.1, 0.15) is 0 Å². The molecule has 0 bridgehead atoms. The molecule has 0 aliphatic heterocycles. The van der Waals surface area contributed by atoms with E-state index in [0.717, 1.165) is 27.8 Å². The number of hydrogen-bond donors (Lipinski definition) is 1. The number of benzene rings is 2. The second-order valence-electron chi connectivity index (χ2n) is 5.86. The second kappa shape index (κ2) is 8.58. The third-order valence-corrected chi connectivity index (χ3v) is 7.04. The fourth-order valence-electron chi connectivity index (χ4n) is 2.36. The minimum absolute atomic E-state index is 0.105. The Morgan fingerprint density at radius 2 is 1.83 bits per heavy atom. The van der Waals surface area contributed by atoms with Crippen molar-refractivity contribution in [2.45, 2.75) is 4.21 Å². The van der Waals surface area contributed by atoms with Crippen molar-refractivity contribution < 1.29 is 26.7 Å². The maximum absolute atomic E-state index is 13.2. The van der Waals surface area contributed by atoms with Gasteiger partial charge in [0.25, 0.3) is 15.9 Å². The van der Waals surface area contributed by atoms with E-state index in [9.17, 15) is 22.0 Å².